The maximum atomic E-state index is 13.4. The van der Waals surface area contributed by atoms with Crippen LogP contribution in [0.4, 0.5) is 5.69 Å². The number of imide groups is 1. The number of rotatable bonds is 4. The van der Waals surface area contributed by atoms with Crippen LogP contribution in [0.1, 0.15) is 27.3 Å². The lowest BCUT2D eigenvalue weighted by Crippen LogP contribution is -2.35. The largest absolute Gasteiger partial charge is 0.334 e. The number of hydrogen-bond acceptors (Lipinski definition) is 7. The second-order valence-corrected chi connectivity index (χ2v) is 9.48. The zero-order chi connectivity index (χ0) is 26.0. The third-order valence-corrected chi connectivity index (χ3v) is 7.15. The van der Waals surface area contributed by atoms with Gasteiger partial charge >= 0.3 is 0 Å². The predicted molar refractivity (Wildman–Crippen MR) is 141 cm³/mol. The Morgan fingerprint density at radius 3 is 2.71 bits per heavy atom. The Morgan fingerprint density at radius 1 is 1.00 bits per heavy atom. The van der Waals surface area contributed by atoms with Crippen molar-refractivity contribution in [3.8, 4) is 0 Å². The topological polar surface area (TPSA) is 109 Å². The quantitative estimate of drug-likeness (QED) is 0.326. The van der Waals surface area contributed by atoms with Crippen LogP contribution in [0.2, 0.25) is 5.02 Å². The summed E-state index contributed by atoms with van der Waals surface area (Å²) < 4.78 is 1.67. The molecule has 1 aromatic carbocycles. The molecule has 38 heavy (non-hydrogen) atoms. The highest BCUT2D eigenvalue weighted by atomic mass is 35.5. The molecule has 0 radical (unpaired) electrons. The number of anilines is 1. The van der Waals surface area contributed by atoms with Gasteiger partial charge in [-0.15, -0.1) is 0 Å². The number of amides is 2. The van der Waals surface area contributed by atoms with Crippen molar-refractivity contribution in [2.24, 2.45) is 4.99 Å². The molecule has 0 spiro atoms. The number of carbonyl (C=O) groups is 3. The Labute approximate surface area is 220 Å². The molecule has 1 unspecified atom stereocenters. The number of hydrogen-bond donors (Lipinski definition) is 1. The Kier molecular flexibility index (Phi) is 4.89. The molecule has 9 nitrogen and oxygen atoms in total. The average molecular weight is 521 g/mol. The maximum absolute atomic E-state index is 13.4. The fraction of sp³-hybridized carbons (Fsp3) is 0.0714. The van der Waals surface area contributed by atoms with Crippen LogP contribution in [0.3, 0.4) is 0 Å². The summed E-state index contributed by atoms with van der Waals surface area (Å²) >= 11 is 6.21. The summed E-state index contributed by atoms with van der Waals surface area (Å²) in [6.07, 6.45) is 8.53. The summed E-state index contributed by atoms with van der Waals surface area (Å²) in [4.78, 5) is 54.9. The number of halogens is 1. The van der Waals surface area contributed by atoms with Crippen molar-refractivity contribution in [2.45, 2.75) is 12.5 Å². The smallest absolute Gasteiger partial charge is 0.261 e. The third-order valence-electron chi connectivity index (χ3n) is 6.93. The lowest BCUT2D eigenvalue weighted by Gasteiger charge is -2.23. The van der Waals surface area contributed by atoms with E-state index in [1.165, 1.54) is 6.20 Å². The first-order valence-corrected chi connectivity index (χ1v) is 12.2. The number of aliphatic imine (C=N–C) groups is 1. The van der Waals surface area contributed by atoms with Gasteiger partial charge in [-0.05, 0) is 29.8 Å². The molecule has 6 heterocycles. The highest BCUT2D eigenvalue weighted by Gasteiger charge is 2.41. The zero-order valence-corrected chi connectivity index (χ0v) is 20.4. The second kappa shape index (κ2) is 8.32. The van der Waals surface area contributed by atoms with Gasteiger partial charge in [0.25, 0.3) is 11.8 Å². The van der Waals surface area contributed by atoms with E-state index in [4.69, 9.17) is 11.6 Å². The van der Waals surface area contributed by atoms with E-state index < -0.39 is 17.9 Å². The first-order chi connectivity index (χ1) is 18.5. The van der Waals surface area contributed by atoms with E-state index in [2.05, 4.69) is 20.3 Å². The molecular weight excluding hydrogens is 504 g/mol. The standard InChI is InChI=1S/C28H17ClN6O3/c29-16-7-8-21-32-13-20(35(21)14-16)22-23(28(38)33-27(22)37)24-17-5-3-4-15-12-19(34(25(15)17)11-10-31-24)26(36)18-6-1-2-9-30-18/h1-11,13-14,19H,12H2,(H,33,37,38). The molecule has 7 rings (SSSR count). The van der Waals surface area contributed by atoms with Crippen LogP contribution in [0.5, 0.6) is 0 Å². The summed E-state index contributed by atoms with van der Waals surface area (Å²) in [5.74, 6) is -1.22. The number of aromatic nitrogens is 3. The second-order valence-electron chi connectivity index (χ2n) is 9.05. The average Bonchev–Trinajstić information content (AvgIpc) is 3.54. The molecule has 3 aliphatic rings. The molecule has 0 bridgehead atoms. The predicted octanol–water partition coefficient (Wildman–Crippen LogP) is 3.38. The minimum Gasteiger partial charge on any atom is -0.334 e. The summed E-state index contributed by atoms with van der Waals surface area (Å²) in [6.45, 7) is 0. The van der Waals surface area contributed by atoms with Crippen LogP contribution in [0.25, 0.3) is 11.2 Å². The van der Waals surface area contributed by atoms with Gasteiger partial charge in [0.15, 0.2) is 0 Å². The summed E-state index contributed by atoms with van der Waals surface area (Å²) in [7, 11) is 0. The molecule has 10 heteroatoms. The molecule has 0 saturated heterocycles. The Morgan fingerprint density at radius 2 is 1.87 bits per heavy atom. The van der Waals surface area contributed by atoms with Crippen molar-refractivity contribution >= 4 is 51.8 Å². The van der Waals surface area contributed by atoms with Crippen LogP contribution in [-0.4, -0.2) is 43.7 Å². The first kappa shape index (κ1) is 22.3. The minimum atomic E-state index is -0.556. The van der Waals surface area contributed by atoms with E-state index in [1.807, 2.05) is 23.1 Å². The van der Waals surface area contributed by atoms with Gasteiger partial charge in [-0.3, -0.25) is 34.1 Å². The van der Waals surface area contributed by atoms with E-state index in [0.29, 0.717) is 39.8 Å². The molecule has 1 atom stereocenters. The van der Waals surface area contributed by atoms with Crippen molar-refractivity contribution < 1.29 is 14.4 Å². The Hall–Kier alpha value is -4.89. The normalized spacial score (nSPS) is 18.1. The molecule has 3 aliphatic heterocycles. The van der Waals surface area contributed by atoms with E-state index in [0.717, 1.165) is 11.3 Å². The van der Waals surface area contributed by atoms with Crippen LogP contribution in [0.15, 0.2) is 90.1 Å². The molecule has 2 amide bonds. The first-order valence-electron chi connectivity index (χ1n) is 11.8. The molecule has 184 valence electrons. The van der Waals surface area contributed by atoms with Gasteiger partial charge in [0, 0.05) is 36.8 Å². The lowest BCUT2D eigenvalue weighted by atomic mass is 9.94. The number of Topliss-reactive ketones (excluding diaryl/α,β-unsaturated/α-hetero) is 1. The number of imidazole rings is 1. The van der Waals surface area contributed by atoms with Gasteiger partial charge in [-0.2, -0.15) is 0 Å². The van der Waals surface area contributed by atoms with Crippen LogP contribution in [-0.2, 0) is 16.0 Å². The van der Waals surface area contributed by atoms with Crippen molar-refractivity contribution in [1.29, 1.82) is 0 Å². The Balaban J connectivity index is 1.39. The summed E-state index contributed by atoms with van der Waals surface area (Å²) in [5, 5.41) is 2.87. The van der Waals surface area contributed by atoms with E-state index in [-0.39, 0.29) is 16.9 Å². The van der Waals surface area contributed by atoms with Gasteiger partial charge in [-0.25, -0.2) is 4.98 Å². The van der Waals surface area contributed by atoms with Crippen LogP contribution >= 0.6 is 11.6 Å². The highest BCUT2D eigenvalue weighted by Crippen LogP contribution is 2.40. The van der Waals surface area contributed by atoms with E-state index >= 15 is 0 Å². The monoisotopic (exact) mass is 520 g/mol. The number of nitrogens with zero attached hydrogens (tertiary/aromatic N) is 5. The highest BCUT2D eigenvalue weighted by molar-refractivity contribution is 6.47. The Bertz CT molecular complexity index is 1800. The SMILES string of the molecule is O=C1NC(=O)C(c2cnc3ccc(Cl)cn23)=C1C1=NC=CN2c3c(cccc31)CC2C(=O)c1ccccn1. The fourth-order valence-corrected chi connectivity index (χ4v) is 5.47. The van der Waals surface area contributed by atoms with Crippen molar-refractivity contribution in [3.63, 3.8) is 0 Å². The number of fused-ring (bicyclic) bond motifs is 1. The van der Waals surface area contributed by atoms with Crippen molar-refractivity contribution in [3.05, 3.63) is 113 Å². The van der Waals surface area contributed by atoms with Gasteiger partial charge in [0.05, 0.1) is 39.5 Å². The molecule has 0 aliphatic carbocycles. The number of para-hydroxylation sites is 1. The van der Waals surface area contributed by atoms with Crippen LogP contribution in [0, 0.1) is 0 Å². The summed E-state index contributed by atoms with van der Waals surface area (Å²) in [5.41, 5.74) is 4.35. The summed E-state index contributed by atoms with van der Waals surface area (Å²) in [6, 6.07) is 13.8. The number of pyridine rings is 2. The number of carbonyl (C=O) groups excluding carboxylic acids is 3. The number of nitrogens with one attached hydrogen (secondary N) is 1. The zero-order valence-electron chi connectivity index (χ0n) is 19.6. The maximum Gasteiger partial charge on any atom is 0.261 e. The number of ketones is 1. The van der Waals surface area contributed by atoms with Crippen molar-refractivity contribution in [2.75, 3.05) is 4.90 Å². The molecule has 1 N–H and O–H groups in total. The minimum absolute atomic E-state index is 0.114. The molecule has 0 fully saturated rings. The van der Waals surface area contributed by atoms with E-state index in [1.54, 1.807) is 59.5 Å². The molecule has 0 saturated carbocycles. The van der Waals surface area contributed by atoms with Gasteiger partial charge in [0.2, 0.25) is 5.78 Å². The number of benzene rings is 1. The van der Waals surface area contributed by atoms with Gasteiger partial charge in [-0.1, -0.05) is 35.9 Å². The molecule has 3 aromatic heterocycles. The van der Waals surface area contributed by atoms with Crippen LogP contribution < -0.4 is 10.2 Å². The van der Waals surface area contributed by atoms with Crippen molar-refractivity contribution in [1.82, 2.24) is 19.7 Å². The lowest BCUT2D eigenvalue weighted by molar-refractivity contribution is -0.123. The van der Waals surface area contributed by atoms with E-state index in [9.17, 15) is 14.4 Å². The van der Waals surface area contributed by atoms with Gasteiger partial charge < -0.3 is 4.90 Å². The third kappa shape index (κ3) is 3.25. The molecular formula is C28H17ClN6O3. The van der Waals surface area contributed by atoms with Gasteiger partial charge in [0.1, 0.15) is 17.4 Å². The fourth-order valence-electron chi connectivity index (χ4n) is 5.30. The molecule has 4 aromatic rings.